The van der Waals surface area contributed by atoms with Gasteiger partial charge in [-0.3, -0.25) is 0 Å². The highest BCUT2D eigenvalue weighted by atomic mass is 14.4. The molecule has 0 amide bonds. The maximum atomic E-state index is 9.31. The van der Waals surface area contributed by atoms with E-state index in [0.29, 0.717) is 5.57 Å². The molecule has 1 aromatic carbocycles. The minimum atomic E-state index is -0.0948. The summed E-state index contributed by atoms with van der Waals surface area (Å²) in [5.41, 5.74) is 2.48. The van der Waals surface area contributed by atoms with Crippen molar-refractivity contribution in [2.45, 2.75) is 19.3 Å². The van der Waals surface area contributed by atoms with Gasteiger partial charge >= 0.3 is 0 Å². The summed E-state index contributed by atoms with van der Waals surface area (Å²) < 4.78 is 0. The van der Waals surface area contributed by atoms with Gasteiger partial charge in [-0.2, -0.15) is 21.0 Å². The van der Waals surface area contributed by atoms with Crippen LogP contribution in [0.4, 0.5) is 0 Å². The predicted octanol–water partition coefficient (Wildman–Crippen LogP) is 5.08. The summed E-state index contributed by atoms with van der Waals surface area (Å²) in [6.45, 7) is 3.74. The molecule has 0 bridgehead atoms. The van der Waals surface area contributed by atoms with E-state index in [2.05, 4.69) is 12.7 Å². The third-order valence-corrected chi connectivity index (χ3v) is 4.73. The lowest BCUT2D eigenvalue weighted by atomic mass is 9.84. The van der Waals surface area contributed by atoms with E-state index in [4.69, 9.17) is 10.5 Å². The van der Waals surface area contributed by atoms with Crippen molar-refractivity contribution in [3.05, 3.63) is 70.8 Å². The van der Waals surface area contributed by atoms with E-state index in [1.807, 2.05) is 54.6 Å². The van der Waals surface area contributed by atoms with Gasteiger partial charge in [0.1, 0.15) is 35.4 Å². The van der Waals surface area contributed by atoms with Crippen molar-refractivity contribution in [1.29, 1.82) is 21.0 Å². The Morgan fingerprint density at radius 1 is 0.926 bits per heavy atom. The number of nitriles is 4. The van der Waals surface area contributed by atoms with Crippen LogP contribution in [0.1, 0.15) is 30.4 Å². The van der Waals surface area contributed by atoms with Gasteiger partial charge in [0.2, 0.25) is 0 Å². The Labute approximate surface area is 159 Å². The molecule has 1 aliphatic rings. The van der Waals surface area contributed by atoms with E-state index in [9.17, 15) is 10.5 Å². The fourth-order valence-corrected chi connectivity index (χ4v) is 3.35. The maximum absolute atomic E-state index is 9.31. The molecule has 0 spiro atoms. The van der Waals surface area contributed by atoms with Crippen molar-refractivity contribution in [2.75, 3.05) is 0 Å². The van der Waals surface area contributed by atoms with Gasteiger partial charge < -0.3 is 0 Å². The highest BCUT2D eigenvalue weighted by Gasteiger charge is 2.30. The lowest BCUT2D eigenvalue weighted by Crippen LogP contribution is -2.10. The van der Waals surface area contributed by atoms with Gasteiger partial charge in [-0.15, -0.1) is 0 Å². The number of allylic oxidation sites excluding steroid dienone is 5. The van der Waals surface area contributed by atoms with Crippen LogP contribution in [-0.2, 0) is 0 Å². The van der Waals surface area contributed by atoms with E-state index in [-0.39, 0.29) is 23.0 Å². The first-order valence-electron chi connectivity index (χ1n) is 8.63. The van der Waals surface area contributed by atoms with Crippen LogP contribution in [0.25, 0.3) is 12.2 Å². The summed E-state index contributed by atoms with van der Waals surface area (Å²) in [7, 11) is 0. The molecule has 1 unspecified atom stereocenters. The van der Waals surface area contributed by atoms with E-state index >= 15 is 0 Å². The highest BCUT2D eigenvalue weighted by Crippen LogP contribution is 2.40. The van der Waals surface area contributed by atoms with Gasteiger partial charge in [0.25, 0.3) is 0 Å². The van der Waals surface area contributed by atoms with Gasteiger partial charge in [-0.1, -0.05) is 55.5 Å². The molecule has 4 nitrogen and oxygen atoms in total. The lowest BCUT2D eigenvalue weighted by Gasteiger charge is -2.18. The molecule has 0 aliphatic heterocycles. The molecular weight excluding hydrogens is 332 g/mol. The molecule has 0 radical (unpaired) electrons. The predicted molar refractivity (Wildman–Crippen MR) is 104 cm³/mol. The van der Waals surface area contributed by atoms with Crippen molar-refractivity contribution >= 4 is 12.2 Å². The minimum absolute atomic E-state index is 0.0290. The summed E-state index contributed by atoms with van der Waals surface area (Å²) >= 11 is 0. The Morgan fingerprint density at radius 3 is 2.11 bits per heavy atom. The van der Waals surface area contributed by atoms with E-state index < -0.39 is 0 Å². The normalized spacial score (nSPS) is 17.8. The van der Waals surface area contributed by atoms with Gasteiger partial charge in [-0.25, -0.2) is 0 Å². The van der Waals surface area contributed by atoms with Crippen LogP contribution in [0.5, 0.6) is 0 Å². The molecule has 0 heterocycles. The molecule has 130 valence electrons. The summed E-state index contributed by atoms with van der Waals surface area (Å²) in [6.07, 6.45) is 10.0. The molecule has 0 saturated heterocycles. The van der Waals surface area contributed by atoms with Crippen molar-refractivity contribution in [3.63, 3.8) is 0 Å². The van der Waals surface area contributed by atoms with Crippen molar-refractivity contribution in [2.24, 2.45) is 11.8 Å². The lowest BCUT2D eigenvalue weighted by molar-refractivity contribution is 0.539. The number of benzene rings is 1. The topological polar surface area (TPSA) is 95.2 Å². The Bertz CT molecular complexity index is 932. The quantitative estimate of drug-likeness (QED) is 0.546. The Balaban J connectivity index is 2.36. The molecule has 0 aromatic heterocycles. The number of nitrogens with zero attached hydrogens (tertiary/aromatic N) is 4. The molecule has 2 atom stereocenters. The number of hydrogen-bond acceptors (Lipinski definition) is 4. The second kappa shape index (κ2) is 9.58. The zero-order chi connectivity index (χ0) is 19.6. The van der Waals surface area contributed by atoms with Crippen molar-refractivity contribution in [3.8, 4) is 24.3 Å². The summed E-state index contributed by atoms with van der Waals surface area (Å²) in [4.78, 5) is 0. The second-order valence-corrected chi connectivity index (χ2v) is 6.27. The van der Waals surface area contributed by atoms with Crippen LogP contribution in [0, 0.1) is 57.2 Å². The number of rotatable bonds is 5. The van der Waals surface area contributed by atoms with E-state index in [0.717, 1.165) is 30.4 Å². The first kappa shape index (κ1) is 19.5. The molecule has 27 heavy (non-hydrogen) atoms. The zero-order valence-electron chi connectivity index (χ0n) is 14.9. The standard InChI is InChI=1S/C23H18N4/c1-2-17-6-8-18(9-7-17)10-11-20-4-3-5-22(20)23(21(15-26)16-27)12-19(13-24)14-25/h2,6-12,20,22H,1,3-5H2/t20-,22?/m1/s1. The Hall–Kier alpha value is -3.86. The SMILES string of the molecule is C=Cc1ccc(C=C[C@H]2CCCC2C(C=C(C#N)C#N)=C(C#N)C#N)cc1. The van der Waals surface area contributed by atoms with E-state index in [1.165, 1.54) is 6.08 Å². The van der Waals surface area contributed by atoms with Gasteiger partial charge in [0, 0.05) is 0 Å². The van der Waals surface area contributed by atoms with Crippen LogP contribution < -0.4 is 0 Å². The van der Waals surface area contributed by atoms with Crippen molar-refractivity contribution < 1.29 is 0 Å². The smallest absolute Gasteiger partial charge is 0.133 e. The van der Waals surface area contributed by atoms with Gasteiger partial charge in [0.05, 0.1) is 0 Å². The molecule has 1 saturated carbocycles. The van der Waals surface area contributed by atoms with Gasteiger partial charge in [0.15, 0.2) is 0 Å². The second-order valence-electron chi connectivity index (χ2n) is 6.27. The van der Waals surface area contributed by atoms with Crippen molar-refractivity contribution in [1.82, 2.24) is 0 Å². The third-order valence-electron chi connectivity index (χ3n) is 4.73. The van der Waals surface area contributed by atoms with Crippen LogP contribution in [-0.4, -0.2) is 0 Å². The molecule has 2 rings (SSSR count). The molecule has 0 N–H and O–H groups in total. The van der Waals surface area contributed by atoms with Gasteiger partial charge in [-0.05, 0) is 47.5 Å². The van der Waals surface area contributed by atoms with Crippen LogP contribution in [0.3, 0.4) is 0 Å². The largest absolute Gasteiger partial charge is 0.192 e. The first-order valence-corrected chi connectivity index (χ1v) is 8.63. The summed E-state index contributed by atoms with van der Waals surface area (Å²) in [5, 5.41) is 36.7. The number of hydrogen-bond donors (Lipinski definition) is 0. The molecule has 4 heteroatoms. The third kappa shape index (κ3) is 4.83. The maximum Gasteiger partial charge on any atom is 0.133 e. The van der Waals surface area contributed by atoms with E-state index in [1.54, 1.807) is 6.08 Å². The summed E-state index contributed by atoms with van der Waals surface area (Å²) in [6, 6.07) is 15.4. The first-order chi connectivity index (χ1) is 13.2. The monoisotopic (exact) mass is 350 g/mol. The van der Waals surface area contributed by atoms with Crippen LogP contribution >= 0.6 is 0 Å². The zero-order valence-corrected chi connectivity index (χ0v) is 14.9. The summed E-state index contributed by atoms with van der Waals surface area (Å²) in [5.74, 6) is 0.0883. The average Bonchev–Trinajstić information content (AvgIpc) is 3.18. The average molecular weight is 350 g/mol. The Morgan fingerprint density at radius 2 is 1.56 bits per heavy atom. The highest BCUT2D eigenvalue weighted by molar-refractivity contribution is 5.56. The minimum Gasteiger partial charge on any atom is -0.192 e. The van der Waals surface area contributed by atoms with Crippen LogP contribution in [0.15, 0.2) is 59.7 Å². The molecular formula is C23H18N4. The molecule has 1 aromatic rings. The molecule has 1 aliphatic carbocycles. The Kier molecular flexibility index (Phi) is 6.91. The molecule has 1 fully saturated rings. The van der Waals surface area contributed by atoms with Crippen LogP contribution in [0.2, 0.25) is 0 Å². The fourth-order valence-electron chi connectivity index (χ4n) is 3.35. The fraction of sp³-hybridized carbons (Fsp3) is 0.217.